The molecule has 2 N–H and O–H groups in total. The third-order valence-electron chi connectivity index (χ3n) is 7.17. The highest BCUT2D eigenvalue weighted by atomic mass is 19.1. The Bertz CT molecular complexity index is 1260. The number of anilines is 1. The fourth-order valence-corrected chi connectivity index (χ4v) is 4.72. The maximum atomic E-state index is 13.7. The molecule has 3 fully saturated rings. The number of rotatable bonds is 6. The van der Waals surface area contributed by atoms with Gasteiger partial charge in [-0.3, -0.25) is 4.79 Å². The van der Waals surface area contributed by atoms with Gasteiger partial charge in [0.1, 0.15) is 5.82 Å². The van der Waals surface area contributed by atoms with Gasteiger partial charge in [0, 0.05) is 30.9 Å². The Labute approximate surface area is 214 Å². The van der Waals surface area contributed by atoms with Gasteiger partial charge in [-0.15, -0.1) is 0 Å². The molecule has 37 heavy (non-hydrogen) atoms. The molecule has 0 spiro atoms. The SMILES string of the molecule is CC1(C(=O)NC2CC2)COC(c2nc(-c3ccc(F)cc3)c(-c3ccnc(N4CCCCC4)n3)[nH]2)OC1. The monoisotopic (exact) mass is 506 g/mol. The molecule has 3 aromatic rings. The Morgan fingerprint density at radius 2 is 1.81 bits per heavy atom. The van der Waals surface area contributed by atoms with E-state index in [4.69, 9.17) is 19.4 Å². The van der Waals surface area contributed by atoms with Crippen LogP contribution in [-0.4, -0.2) is 58.2 Å². The summed E-state index contributed by atoms with van der Waals surface area (Å²) in [6.45, 7) is 4.13. The average molecular weight is 507 g/mol. The summed E-state index contributed by atoms with van der Waals surface area (Å²) in [4.78, 5) is 32.4. The molecule has 1 saturated carbocycles. The molecular formula is C27H31FN6O3. The van der Waals surface area contributed by atoms with E-state index in [0.29, 0.717) is 28.9 Å². The number of imidazole rings is 1. The number of benzene rings is 1. The highest BCUT2D eigenvalue weighted by molar-refractivity contribution is 5.83. The van der Waals surface area contributed by atoms with Crippen LogP contribution in [0.4, 0.5) is 10.3 Å². The number of hydrogen-bond acceptors (Lipinski definition) is 7. The van der Waals surface area contributed by atoms with Crippen LogP contribution in [0.3, 0.4) is 0 Å². The van der Waals surface area contributed by atoms with Gasteiger partial charge in [-0.2, -0.15) is 0 Å². The zero-order valence-corrected chi connectivity index (χ0v) is 20.9. The number of nitrogens with zero attached hydrogens (tertiary/aromatic N) is 4. The second-order valence-corrected chi connectivity index (χ2v) is 10.4. The molecule has 10 heteroatoms. The van der Waals surface area contributed by atoms with Crippen molar-refractivity contribution in [3.63, 3.8) is 0 Å². The predicted molar refractivity (Wildman–Crippen MR) is 135 cm³/mol. The van der Waals surface area contributed by atoms with Crippen LogP contribution >= 0.6 is 0 Å². The lowest BCUT2D eigenvalue weighted by atomic mass is 9.91. The van der Waals surface area contributed by atoms with Gasteiger partial charge in [0.05, 0.1) is 35.7 Å². The Kier molecular flexibility index (Phi) is 6.37. The molecule has 1 aliphatic carbocycles. The number of carbonyl (C=O) groups is 1. The fraction of sp³-hybridized carbons (Fsp3) is 0.481. The summed E-state index contributed by atoms with van der Waals surface area (Å²) in [7, 11) is 0. The summed E-state index contributed by atoms with van der Waals surface area (Å²) in [6.07, 6.45) is 6.49. The van der Waals surface area contributed by atoms with Crippen molar-refractivity contribution >= 4 is 11.9 Å². The molecule has 1 aromatic carbocycles. The number of halogens is 1. The molecule has 6 rings (SSSR count). The van der Waals surface area contributed by atoms with Crippen molar-refractivity contribution in [2.24, 2.45) is 5.41 Å². The van der Waals surface area contributed by atoms with Gasteiger partial charge in [-0.25, -0.2) is 19.3 Å². The van der Waals surface area contributed by atoms with Crippen LogP contribution in [0, 0.1) is 11.2 Å². The van der Waals surface area contributed by atoms with Crippen molar-refractivity contribution in [3.05, 3.63) is 48.2 Å². The van der Waals surface area contributed by atoms with E-state index in [2.05, 4.69) is 20.2 Å². The van der Waals surface area contributed by atoms with Crippen molar-refractivity contribution in [2.75, 3.05) is 31.2 Å². The molecule has 2 aliphatic heterocycles. The van der Waals surface area contributed by atoms with E-state index in [-0.39, 0.29) is 31.0 Å². The van der Waals surface area contributed by atoms with Gasteiger partial charge in [-0.05, 0) is 69.4 Å². The van der Waals surface area contributed by atoms with E-state index in [0.717, 1.165) is 44.3 Å². The van der Waals surface area contributed by atoms with E-state index in [1.54, 1.807) is 18.3 Å². The molecule has 2 saturated heterocycles. The normalized spacial score (nSPS) is 24.2. The molecule has 0 unspecified atom stereocenters. The highest BCUT2D eigenvalue weighted by Crippen LogP contribution is 2.36. The molecule has 2 aromatic heterocycles. The maximum absolute atomic E-state index is 13.7. The first-order valence-electron chi connectivity index (χ1n) is 13.0. The number of carbonyl (C=O) groups excluding carboxylic acids is 1. The van der Waals surface area contributed by atoms with Gasteiger partial charge < -0.3 is 24.7 Å². The first-order valence-corrected chi connectivity index (χ1v) is 13.0. The Balaban J connectivity index is 1.29. The topological polar surface area (TPSA) is 105 Å². The van der Waals surface area contributed by atoms with E-state index in [1.165, 1.54) is 18.6 Å². The van der Waals surface area contributed by atoms with Crippen LogP contribution in [0.2, 0.25) is 0 Å². The summed E-state index contributed by atoms with van der Waals surface area (Å²) < 4.78 is 25.7. The summed E-state index contributed by atoms with van der Waals surface area (Å²) in [5.74, 6) is 0.781. The van der Waals surface area contributed by atoms with Crippen molar-refractivity contribution in [1.82, 2.24) is 25.3 Å². The average Bonchev–Trinajstić information content (AvgIpc) is 3.64. The van der Waals surface area contributed by atoms with Gasteiger partial charge in [-0.1, -0.05) is 0 Å². The van der Waals surface area contributed by atoms with Crippen molar-refractivity contribution < 1.29 is 18.7 Å². The van der Waals surface area contributed by atoms with Crippen LogP contribution in [0.1, 0.15) is 51.1 Å². The van der Waals surface area contributed by atoms with Crippen LogP contribution in [-0.2, 0) is 14.3 Å². The first-order chi connectivity index (χ1) is 18.0. The molecule has 4 heterocycles. The summed E-state index contributed by atoms with van der Waals surface area (Å²) in [6, 6.07) is 8.30. The van der Waals surface area contributed by atoms with Crippen LogP contribution in [0.5, 0.6) is 0 Å². The molecule has 0 radical (unpaired) electrons. The molecule has 9 nitrogen and oxygen atoms in total. The van der Waals surface area contributed by atoms with E-state index < -0.39 is 11.7 Å². The quantitative estimate of drug-likeness (QED) is 0.521. The minimum absolute atomic E-state index is 0.0492. The summed E-state index contributed by atoms with van der Waals surface area (Å²) in [5, 5.41) is 3.04. The molecule has 194 valence electrons. The fourth-order valence-electron chi connectivity index (χ4n) is 4.72. The summed E-state index contributed by atoms with van der Waals surface area (Å²) in [5.41, 5.74) is 1.95. The Morgan fingerprint density at radius 1 is 1.08 bits per heavy atom. The largest absolute Gasteiger partial charge is 0.353 e. The van der Waals surface area contributed by atoms with Crippen LogP contribution < -0.4 is 10.2 Å². The van der Waals surface area contributed by atoms with Gasteiger partial charge >= 0.3 is 0 Å². The number of aromatic nitrogens is 4. The van der Waals surface area contributed by atoms with E-state index >= 15 is 0 Å². The van der Waals surface area contributed by atoms with E-state index in [1.807, 2.05) is 13.0 Å². The zero-order valence-electron chi connectivity index (χ0n) is 20.9. The molecule has 1 amide bonds. The number of ether oxygens (including phenoxy) is 2. The summed E-state index contributed by atoms with van der Waals surface area (Å²) >= 11 is 0. The number of aromatic amines is 1. The lowest BCUT2D eigenvalue weighted by Crippen LogP contribution is -2.49. The number of piperidine rings is 1. The molecule has 0 atom stereocenters. The van der Waals surface area contributed by atoms with Crippen molar-refractivity contribution in [1.29, 1.82) is 0 Å². The van der Waals surface area contributed by atoms with Crippen LogP contribution in [0.15, 0.2) is 36.5 Å². The lowest BCUT2D eigenvalue weighted by molar-refractivity contribution is -0.231. The predicted octanol–water partition coefficient (Wildman–Crippen LogP) is 3.99. The number of H-pyrrole nitrogens is 1. The highest BCUT2D eigenvalue weighted by Gasteiger charge is 2.42. The molecule has 3 aliphatic rings. The molecular weight excluding hydrogens is 475 g/mol. The Hall–Kier alpha value is -3.37. The molecule has 0 bridgehead atoms. The zero-order chi connectivity index (χ0) is 25.4. The first kappa shape index (κ1) is 24.0. The van der Waals surface area contributed by atoms with Crippen molar-refractivity contribution in [3.8, 4) is 22.6 Å². The van der Waals surface area contributed by atoms with E-state index in [9.17, 15) is 9.18 Å². The van der Waals surface area contributed by atoms with Gasteiger partial charge in [0.2, 0.25) is 18.1 Å². The number of amides is 1. The second-order valence-electron chi connectivity index (χ2n) is 10.4. The second kappa shape index (κ2) is 9.83. The van der Waals surface area contributed by atoms with Crippen molar-refractivity contribution in [2.45, 2.75) is 51.4 Å². The lowest BCUT2D eigenvalue weighted by Gasteiger charge is -2.35. The van der Waals surface area contributed by atoms with Crippen LogP contribution in [0.25, 0.3) is 22.6 Å². The third kappa shape index (κ3) is 5.08. The maximum Gasteiger partial charge on any atom is 0.230 e. The van der Waals surface area contributed by atoms with Gasteiger partial charge in [0.15, 0.2) is 5.82 Å². The standard InChI is InChI=1S/C27H31FN6O3/c1-27(25(35)30-19-9-10-19)15-36-24(37-16-27)23-32-21(17-5-7-18(28)8-6-17)22(33-23)20-11-12-29-26(31-20)34-13-3-2-4-14-34/h5-8,11-12,19,24H,2-4,9-10,13-16H2,1H3,(H,30,35)(H,32,33). The smallest absolute Gasteiger partial charge is 0.230 e. The minimum atomic E-state index is -0.766. The third-order valence-corrected chi connectivity index (χ3v) is 7.17. The minimum Gasteiger partial charge on any atom is -0.353 e. The number of nitrogens with one attached hydrogen (secondary N) is 2. The van der Waals surface area contributed by atoms with Gasteiger partial charge in [0.25, 0.3) is 0 Å². The number of hydrogen-bond donors (Lipinski definition) is 2. The Morgan fingerprint density at radius 3 is 2.51 bits per heavy atom.